The van der Waals surface area contributed by atoms with E-state index in [9.17, 15) is 9.59 Å². The first kappa shape index (κ1) is 15.9. The van der Waals surface area contributed by atoms with Crippen molar-refractivity contribution in [2.45, 2.75) is 19.4 Å². The maximum Gasteiger partial charge on any atom is 0.358 e. The molecule has 3 N–H and O–H groups in total. The molecule has 0 bridgehead atoms. The molecular weight excluding hydrogens is 312 g/mol. The van der Waals surface area contributed by atoms with E-state index in [1.54, 1.807) is 16.8 Å². The number of carbonyl (C=O) groups excluding carboxylic acids is 1. The molecule has 2 aromatic rings. The third-order valence-corrected chi connectivity index (χ3v) is 4.08. The maximum absolute atomic E-state index is 11.1. The van der Waals surface area contributed by atoms with Crippen LogP contribution in [0.1, 0.15) is 33.7 Å². The molecule has 1 fully saturated rings. The number of nitrogens with zero attached hydrogens (tertiary/aromatic N) is 5. The summed E-state index contributed by atoms with van der Waals surface area (Å²) in [4.78, 5) is 28.4. The van der Waals surface area contributed by atoms with E-state index in [1.165, 1.54) is 12.4 Å². The summed E-state index contributed by atoms with van der Waals surface area (Å²) in [6, 6.07) is 3.46. The predicted molar refractivity (Wildman–Crippen MR) is 84.7 cm³/mol. The van der Waals surface area contributed by atoms with E-state index in [-0.39, 0.29) is 5.69 Å². The van der Waals surface area contributed by atoms with Crippen LogP contribution >= 0.6 is 0 Å². The molecule has 0 unspecified atom stereocenters. The summed E-state index contributed by atoms with van der Waals surface area (Å²) in [7, 11) is 0. The van der Waals surface area contributed by atoms with Crippen LogP contribution in [0.2, 0.25) is 0 Å². The molecule has 1 atom stereocenters. The highest BCUT2D eigenvalue weighted by molar-refractivity contribution is 5.92. The molecule has 1 aliphatic heterocycles. The smallest absolute Gasteiger partial charge is 0.358 e. The average molecular weight is 330 g/mol. The van der Waals surface area contributed by atoms with E-state index < -0.39 is 11.9 Å². The zero-order valence-corrected chi connectivity index (χ0v) is 13.0. The highest BCUT2D eigenvalue weighted by atomic mass is 16.4. The fourth-order valence-electron chi connectivity index (χ4n) is 2.89. The molecule has 1 saturated heterocycles. The van der Waals surface area contributed by atoms with E-state index >= 15 is 0 Å². The highest BCUT2D eigenvalue weighted by Crippen LogP contribution is 2.22. The monoisotopic (exact) mass is 330 g/mol. The Morgan fingerprint density at radius 2 is 2.21 bits per heavy atom. The molecule has 0 spiro atoms. The first-order valence-electron chi connectivity index (χ1n) is 7.67. The van der Waals surface area contributed by atoms with Crippen LogP contribution in [0.25, 0.3) is 0 Å². The van der Waals surface area contributed by atoms with Crippen molar-refractivity contribution in [1.29, 1.82) is 0 Å². The minimum atomic E-state index is -1.08. The van der Waals surface area contributed by atoms with E-state index in [0.717, 1.165) is 31.7 Å². The molecule has 9 heteroatoms. The molecule has 2 aromatic heterocycles. The number of primary amides is 1. The van der Waals surface area contributed by atoms with Gasteiger partial charge in [0.15, 0.2) is 5.69 Å². The van der Waals surface area contributed by atoms with E-state index in [0.29, 0.717) is 18.0 Å². The van der Waals surface area contributed by atoms with Gasteiger partial charge in [0, 0.05) is 25.8 Å². The van der Waals surface area contributed by atoms with E-state index in [4.69, 9.17) is 10.8 Å². The second-order valence-corrected chi connectivity index (χ2v) is 5.85. The standard InChI is InChI=1S/C15H18N6O3/c16-14(22)11-3-4-13(17-6-11)20-5-1-2-10(7-20)8-21-9-12(15(23)24)18-19-21/h3-4,6,9-10H,1-2,5,7-8H2,(H2,16,22)(H,23,24)/t10-/m1/s1. The number of carboxylic acids is 1. The molecule has 0 aliphatic carbocycles. The van der Waals surface area contributed by atoms with Gasteiger partial charge in [-0.25, -0.2) is 9.78 Å². The number of piperidine rings is 1. The average Bonchev–Trinajstić information content (AvgIpc) is 3.04. The fourth-order valence-corrected chi connectivity index (χ4v) is 2.89. The Morgan fingerprint density at radius 1 is 1.38 bits per heavy atom. The molecular formula is C15H18N6O3. The lowest BCUT2D eigenvalue weighted by Crippen LogP contribution is -2.37. The maximum atomic E-state index is 11.1. The lowest BCUT2D eigenvalue weighted by molar-refractivity contribution is 0.0690. The SMILES string of the molecule is NC(=O)c1ccc(N2CCC[C@@H](Cn3cc(C(=O)O)nn3)C2)nc1. The predicted octanol–water partition coefficient (Wildman–Crippen LogP) is 0.387. The Kier molecular flexibility index (Phi) is 4.41. The number of carbonyl (C=O) groups is 2. The van der Waals surface area contributed by atoms with Crippen molar-refractivity contribution < 1.29 is 14.7 Å². The minimum Gasteiger partial charge on any atom is -0.476 e. The molecule has 0 aromatic carbocycles. The van der Waals surface area contributed by atoms with Crippen molar-refractivity contribution in [3.63, 3.8) is 0 Å². The van der Waals surface area contributed by atoms with Gasteiger partial charge in [-0.3, -0.25) is 9.48 Å². The number of pyridine rings is 1. The summed E-state index contributed by atoms with van der Waals surface area (Å²) in [5, 5.41) is 16.4. The van der Waals surface area contributed by atoms with Gasteiger partial charge in [0.25, 0.3) is 0 Å². The van der Waals surface area contributed by atoms with Gasteiger partial charge < -0.3 is 15.7 Å². The van der Waals surface area contributed by atoms with Crippen molar-refractivity contribution in [2.75, 3.05) is 18.0 Å². The summed E-state index contributed by atoms with van der Waals surface area (Å²) in [6.45, 7) is 2.28. The van der Waals surface area contributed by atoms with Crippen LogP contribution in [-0.2, 0) is 6.54 Å². The van der Waals surface area contributed by atoms with Crippen LogP contribution in [-0.4, -0.2) is 50.1 Å². The summed E-state index contributed by atoms with van der Waals surface area (Å²) in [5.41, 5.74) is 5.56. The first-order valence-corrected chi connectivity index (χ1v) is 7.67. The van der Waals surface area contributed by atoms with Crippen molar-refractivity contribution in [2.24, 2.45) is 11.7 Å². The number of hydrogen-bond donors (Lipinski definition) is 2. The van der Waals surface area contributed by atoms with Crippen LogP contribution in [0, 0.1) is 5.92 Å². The molecule has 1 amide bonds. The first-order chi connectivity index (χ1) is 11.5. The van der Waals surface area contributed by atoms with Gasteiger partial charge in [0.1, 0.15) is 5.82 Å². The van der Waals surface area contributed by atoms with Gasteiger partial charge in [0.05, 0.1) is 11.8 Å². The third-order valence-electron chi connectivity index (χ3n) is 4.08. The van der Waals surface area contributed by atoms with Crippen LogP contribution in [0.15, 0.2) is 24.5 Å². The second kappa shape index (κ2) is 6.65. The molecule has 126 valence electrons. The minimum absolute atomic E-state index is 0.0497. The molecule has 0 radical (unpaired) electrons. The number of carboxylic acid groups (broad SMARTS) is 1. The van der Waals surface area contributed by atoms with Crippen LogP contribution in [0.5, 0.6) is 0 Å². The number of rotatable bonds is 5. The molecule has 9 nitrogen and oxygen atoms in total. The molecule has 1 aliphatic rings. The Hall–Kier alpha value is -2.97. The Bertz CT molecular complexity index is 742. The summed E-state index contributed by atoms with van der Waals surface area (Å²) < 4.78 is 1.57. The Labute approximate surface area is 138 Å². The highest BCUT2D eigenvalue weighted by Gasteiger charge is 2.22. The number of aromatic carboxylic acids is 1. The van der Waals surface area contributed by atoms with Crippen molar-refractivity contribution >= 4 is 17.7 Å². The molecule has 0 saturated carbocycles. The largest absolute Gasteiger partial charge is 0.476 e. The number of aromatic nitrogens is 4. The summed E-state index contributed by atoms with van der Waals surface area (Å²) in [6.07, 6.45) is 4.96. The molecule has 3 heterocycles. The van der Waals surface area contributed by atoms with Crippen LogP contribution < -0.4 is 10.6 Å². The van der Waals surface area contributed by atoms with Gasteiger partial charge in [-0.05, 0) is 30.9 Å². The Balaban J connectivity index is 1.65. The van der Waals surface area contributed by atoms with Gasteiger partial charge >= 0.3 is 5.97 Å². The zero-order valence-electron chi connectivity index (χ0n) is 13.0. The number of nitrogens with two attached hydrogens (primary N) is 1. The van der Waals surface area contributed by atoms with Crippen LogP contribution in [0.4, 0.5) is 5.82 Å². The Morgan fingerprint density at radius 3 is 2.83 bits per heavy atom. The second-order valence-electron chi connectivity index (χ2n) is 5.85. The van der Waals surface area contributed by atoms with Gasteiger partial charge in [-0.15, -0.1) is 5.10 Å². The molecule has 24 heavy (non-hydrogen) atoms. The normalized spacial score (nSPS) is 17.7. The number of hydrogen-bond acceptors (Lipinski definition) is 6. The van der Waals surface area contributed by atoms with Gasteiger partial charge in [-0.1, -0.05) is 5.21 Å². The lowest BCUT2D eigenvalue weighted by Gasteiger charge is -2.33. The summed E-state index contributed by atoms with van der Waals surface area (Å²) in [5.74, 6) is -0.453. The van der Waals surface area contributed by atoms with Crippen molar-refractivity contribution in [3.05, 3.63) is 35.8 Å². The topological polar surface area (TPSA) is 127 Å². The van der Waals surface area contributed by atoms with Crippen molar-refractivity contribution in [3.8, 4) is 0 Å². The molecule has 3 rings (SSSR count). The van der Waals surface area contributed by atoms with Crippen molar-refractivity contribution in [1.82, 2.24) is 20.0 Å². The fraction of sp³-hybridized carbons (Fsp3) is 0.400. The lowest BCUT2D eigenvalue weighted by atomic mass is 9.98. The van der Waals surface area contributed by atoms with E-state index in [1.807, 2.05) is 0 Å². The van der Waals surface area contributed by atoms with Gasteiger partial charge in [0.2, 0.25) is 5.91 Å². The number of anilines is 1. The van der Waals surface area contributed by atoms with Gasteiger partial charge in [-0.2, -0.15) is 0 Å². The quantitative estimate of drug-likeness (QED) is 0.811. The van der Waals surface area contributed by atoms with Crippen LogP contribution in [0.3, 0.4) is 0 Å². The summed E-state index contributed by atoms with van der Waals surface area (Å²) >= 11 is 0. The number of amides is 1. The third kappa shape index (κ3) is 3.50. The van der Waals surface area contributed by atoms with E-state index in [2.05, 4.69) is 20.2 Å². The zero-order chi connectivity index (χ0) is 17.1.